The SMILES string of the molecule is CCC[C@@H](C)NC(=O)c1cc2c([nH]c1=O)CCCC2=O. The lowest BCUT2D eigenvalue weighted by molar-refractivity contribution is 0.0936. The first-order chi connectivity index (χ1) is 9.52. The molecule has 1 heterocycles. The van der Waals surface area contributed by atoms with Gasteiger partial charge in [0.25, 0.3) is 11.5 Å². The lowest BCUT2D eigenvalue weighted by Gasteiger charge is -2.16. The Morgan fingerprint density at radius 1 is 1.40 bits per heavy atom. The number of ketones is 1. The predicted molar refractivity (Wildman–Crippen MR) is 76.2 cm³/mol. The number of pyridine rings is 1. The largest absolute Gasteiger partial charge is 0.349 e. The van der Waals surface area contributed by atoms with Crippen molar-refractivity contribution in [3.05, 3.63) is 33.2 Å². The van der Waals surface area contributed by atoms with Crippen LogP contribution in [0.25, 0.3) is 0 Å². The third-order valence-corrected chi connectivity index (χ3v) is 3.60. The van der Waals surface area contributed by atoms with Crippen LogP contribution in [0.3, 0.4) is 0 Å². The summed E-state index contributed by atoms with van der Waals surface area (Å²) >= 11 is 0. The molecular formula is C15H20N2O3. The van der Waals surface area contributed by atoms with Gasteiger partial charge in [-0.05, 0) is 32.3 Å². The molecule has 0 radical (unpaired) electrons. The van der Waals surface area contributed by atoms with Crippen LogP contribution < -0.4 is 10.9 Å². The maximum absolute atomic E-state index is 12.1. The average molecular weight is 276 g/mol. The van der Waals surface area contributed by atoms with E-state index in [1.165, 1.54) is 6.07 Å². The molecule has 5 heteroatoms. The van der Waals surface area contributed by atoms with Crippen molar-refractivity contribution in [1.82, 2.24) is 10.3 Å². The number of carbonyl (C=O) groups is 2. The van der Waals surface area contributed by atoms with E-state index in [0.717, 1.165) is 19.3 Å². The maximum Gasteiger partial charge on any atom is 0.261 e. The van der Waals surface area contributed by atoms with Crippen molar-refractivity contribution in [2.45, 2.75) is 52.0 Å². The number of aryl methyl sites for hydroxylation is 1. The van der Waals surface area contributed by atoms with Gasteiger partial charge in [0.05, 0.1) is 0 Å². The summed E-state index contributed by atoms with van der Waals surface area (Å²) in [5.41, 5.74) is 0.759. The Labute approximate surface area is 117 Å². The van der Waals surface area contributed by atoms with Crippen molar-refractivity contribution in [3.8, 4) is 0 Å². The van der Waals surface area contributed by atoms with Crippen molar-refractivity contribution in [3.63, 3.8) is 0 Å². The van der Waals surface area contributed by atoms with Gasteiger partial charge >= 0.3 is 0 Å². The summed E-state index contributed by atoms with van der Waals surface area (Å²) in [6, 6.07) is 1.46. The predicted octanol–water partition coefficient (Wildman–Crippen LogP) is 1.81. The normalized spacial score (nSPS) is 15.6. The number of fused-ring (bicyclic) bond motifs is 1. The Morgan fingerprint density at radius 2 is 2.15 bits per heavy atom. The first-order valence-corrected chi connectivity index (χ1v) is 7.13. The standard InChI is InChI=1S/C15H20N2O3/c1-3-5-9(2)16-14(19)11-8-10-12(17-15(11)20)6-4-7-13(10)18/h8-9H,3-7H2,1-2H3,(H,16,19)(H,17,20)/t9-/m1/s1. The second-order valence-corrected chi connectivity index (χ2v) is 5.34. The van der Waals surface area contributed by atoms with Crippen molar-refractivity contribution in [2.24, 2.45) is 0 Å². The smallest absolute Gasteiger partial charge is 0.261 e. The molecule has 108 valence electrons. The van der Waals surface area contributed by atoms with Gasteiger partial charge in [0.15, 0.2) is 5.78 Å². The maximum atomic E-state index is 12.1. The third-order valence-electron chi connectivity index (χ3n) is 3.60. The minimum absolute atomic E-state index is 0.00171. The summed E-state index contributed by atoms with van der Waals surface area (Å²) in [6.07, 6.45) is 3.73. The van der Waals surface area contributed by atoms with Crippen LogP contribution in [0.5, 0.6) is 0 Å². The number of Topliss-reactive ketones (excluding diaryl/α,β-unsaturated/α-hetero) is 1. The van der Waals surface area contributed by atoms with Gasteiger partial charge in [-0.3, -0.25) is 14.4 Å². The van der Waals surface area contributed by atoms with Crippen molar-refractivity contribution in [2.75, 3.05) is 0 Å². The van der Waals surface area contributed by atoms with Crippen molar-refractivity contribution >= 4 is 11.7 Å². The monoisotopic (exact) mass is 276 g/mol. The van der Waals surface area contributed by atoms with Gasteiger partial charge in [-0.2, -0.15) is 0 Å². The van der Waals surface area contributed by atoms with E-state index in [9.17, 15) is 14.4 Å². The van der Waals surface area contributed by atoms with E-state index >= 15 is 0 Å². The fraction of sp³-hybridized carbons (Fsp3) is 0.533. The molecule has 1 aliphatic carbocycles. The van der Waals surface area contributed by atoms with Crippen LogP contribution in [0, 0.1) is 0 Å². The Balaban J connectivity index is 2.28. The minimum atomic E-state index is -0.417. The van der Waals surface area contributed by atoms with Gasteiger partial charge in [0.1, 0.15) is 5.56 Å². The fourth-order valence-corrected chi connectivity index (χ4v) is 2.55. The highest BCUT2D eigenvalue weighted by atomic mass is 16.2. The first-order valence-electron chi connectivity index (χ1n) is 7.13. The number of aromatic nitrogens is 1. The van der Waals surface area contributed by atoms with Gasteiger partial charge in [0.2, 0.25) is 0 Å². The van der Waals surface area contributed by atoms with Gasteiger partial charge < -0.3 is 10.3 Å². The quantitative estimate of drug-likeness (QED) is 0.880. The summed E-state index contributed by atoms with van der Waals surface area (Å²) in [5, 5.41) is 2.79. The van der Waals surface area contributed by atoms with Crippen LogP contribution in [-0.2, 0) is 6.42 Å². The topological polar surface area (TPSA) is 79.0 Å². The number of H-pyrrole nitrogens is 1. The molecule has 0 saturated heterocycles. The minimum Gasteiger partial charge on any atom is -0.349 e. The summed E-state index contributed by atoms with van der Waals surface area (Å²) in [4.78, 5) is 38.6. The van der Waals surface area contributed by atoms with Crippen molar-refractivity contribution in [1.29, 1.82) is 0 Å². The van der Waals surface area contributed by atoms with Gasteiger partial charge in [-0.1, -0.05) is 13.3 Å². The highest BCUT2D eigenvalue weighted by Gasteiger charge is 2.22. The summed E-state index contributed by atoms with van der Waals surface area (Å²) < 4.78 is 0. The van der Waals surface area contributed by atoms with E-state index in [4.69, 9.17) is 0 Å². The molecule has 5 nitrogen and oxygen atoms in total. The van der Waals surface area contributed by atoms with Crippen LogP contribution >= 0.6 is 0 Å². The van der Waals surface area contributed by atoms with Crippen LogP contribution in [0.15, 0.2) is 10.9 Å². The highest BCUT2D eigenvalue weighted by molar-refractivity contribution is 6.01. The molecule has 0 aromatic carbocycles. The summed E-state index contributed by atoms with van der Waals surface area (Å²) in [6.45, 7) is 3.94. The van der Waals surface area contributed by atoms with Gasteiger partial charge in [0, 0.05) is 23.7 Å². The third kappa shape index (κ3) is 2.98. The zero-order valence-corrected chi connectivity index (χ0v) is 11.9. The first kappa shape index (κ1) is 14.5. The number of nitrogens with one attached hydrogen (secondary N) is 2. The summed E-state index contributed by atoms with van der Waals surface area (Å²) in [7, 11) is 0. The molecule has 1 aromatic heterocycles. The second kappa shape index (κ2) is 6.03. The fourth-order valence-electron chi connectivity index (χ4n) is 2.55. The molecule has 1 amide bonds. The lowest BCUT2D eigenvalue weighted by atomic mass is 9.93. The van der Waals surface area contributed by atoms with E-state index < -0.39 is 11.5 Å². The molecule has 0 unspecified atom stereocenters. The zero-order chi connectivity index (χ0) is 14.7. The van der Waals surface area contributed by atoms with Gasteiger partial charge in [-0.15, -0.1) is 0 Å². The molecule has 20 heavy (non-hydrogen) atoms. The Kier molecular flexibility index (Phi) is 4.37. The molecular weight excluding hydrogens is 256 g/mol. The van der Waals surface area contributed by atoms with Crippen LogP contribution in [0.4, 0.5) is 0 Å². The second-order valence-electron chi connectivity index (χ2n) is 5.34. The van der Waals surface area contributed by atoms with E-state index in [1.807, 2.05) is 13.8 Å². The lowest BCUT2D eigenvalue weighted by Crippen LogP contribution is -2.36. The van der Waals surface area contributed by atoms with E-state index in [0.29, 0.717) is 24.1 Å². The molecule has 1 aromatic rings. The van der Waals surface area contributed by atoms with E-state index in [2.05, 4.69) is 10.3 Å². The summed E-state index contributed by atoms with van der Waals surface area (Å²) in [5.74, 6) is -0.411. The molecule has 0 spiro atoms. The van der Waals surface area contributed by atoms with Crippen LogP contribution in [-0.4, -0.2) is 22.7 Å². The molecule has 1 atom stereocenters. The molecule has 1 aliphatic rings. The number of rotatable bonds is 4. The van der Waals surface area contributed by atoms with E-state index in [1.54, 1.807) is 0 Å². The Hall–Kier alpha value is -1.91. The Bertz CT molecular complexity index is 589. The molecule has 0 fully saturated rings. The molecule has 0 bridgehead atoms. The van der Waals surface area contributed by atoms with E-state index in [-0.39, 0.29) is 17.4 Å². The molecule has 0 saturated carbocycles. The molecule has 2 N–H and O–H groups in total. The van der Waals surface area contributed by atoms with Crippen LogP contribution in [0.2, 0.25) is 0 Å². The number of aromatic amines is 1. The molecule has 2 rings (SSSR count). The number of carbonyl (C=O) groups excluding carboxylic acids is 2. The van der Waals surface area contributed by atoms with Crippen LogP contribution in [0.1, 0.15) is 65.9 Å². The Morgan fingerprint density at radius 3 is 2.85 bits per heavy atom. The highest BCUT2D eigenvalue weighted by Crippen LogP contribution is 2.18. The number of amides is 1. The van der Waals surface area contributed by atoms with Crippen molar-refractivity contribution < 1.29 is 9.59 Å². The van der Waals surface area contributed by atoms with Gasteiger partial charge in [-0.25, -0.2) is 0 Å². The zero-order valence-electron chi connectivity index (χ0n) is 11.9. The number of hydrogen-bond acceptors (Lipinski definition) is 3. The average Bonchev–Trinajstić information content (AvgIpc) is 2.38. The number of hydrogen-bond donors (Lipinski definition) is 2. The molecule has 0 aliphatic heterocycles.